The first-order chi connectivity index (χ1) is 9.55. The molecule has 106 valence electrons. The van der Waals surface area contributed by atoms with Gasteiger partial charge in [0.25, 0.3) is 0 Å². The molecule has 2 atom stereocenters. The van der Waals surface area contributed by atoms with Crippen molar-refractivity contribution in [2.75, 3.05) is 0 Å². The lowest BCUT2D eigenvalue weighted by molar-refractivity contribution is 0.579. The van der Waals surface area contributed by atoms with Gasteiger partial charge in [-0.3, -0.25) is 0 Å². The molecule has 1 N–H and O–H groups in total. The van der Waals surface area contributed by atoms with Crippen LogP contribution < -0.4 is 4.72 Å². The molecule has 0 amide bonds. The van der Waals surface area contributed by atoms with E-state index in [9.17, 15) is 8.42 Å². The van der Waals surface area contributed by atoms with Crippen molar-refractivity contribution in [2.24, 2.45) is 0 Å². The fourth-order valence-electron chi connectivity index (χ4n) is 2.39. The van der Waals surface area contributed by atoms with E-state index in [4.69, 9.17) is 0 Å². The molecule has 0 spiro atoms. The molecule has 1 aliphatic carbocycles. The van der Waals surface area contributed by atoms with Crippen LogP contribution in [0.15, 0.2) is 41.8 Å². The van der Waals surface area contributed by atoms with Crippen LogP contribution in [0.2, 0.25) is 0 Å². The van der Waals surface area contributed by atoms with Crippen molar-refractivity contribution in [1.29, 1.82) is 0 Å². The molecule has 3 rings (SSSR count). The van der Waals surface area contributed by atoms with Gasteiger partial charge in [-0.15, -0.1) is 11.3 Å². The van der Waals surface area contributed by atoms with Crippen LogP contribution in [-0.4, -0.2) is 14.5 Å². The summed E-state index contributed by atoms with van der Waals surface area (Å²) in [6, 6.07) is 11.8. The Labute approximate surface area is 123 Å². The van der Waals surface area contributed by atoms with Crippen LogP contribution in [0.5, 0.6) is 0 Å². The average molecular weight is 307 g/mol. The molecule has 1 fully saturated rings. The summed E-state index contributed by atoms with van der Waals surface area (Å²) in [7, 11) is -3.26. The molecule has 1 aromatic heterocycles. The minimum absolute atomic E-state index is 0.0628. The van der Waals surface area contributed by atoms with Gasteiger partial charge in [-0.05, 0) is 35.9 Å². The number of hydrogen-bond acceptors (Lipinski definition) is 3. The van der Waals surface area contributed by atoms with Crippen molar-refractivity contribution >= 4 is 21.4 Å². The number of benzene rings is 1. The third-order valence-electron chi connectivity index (χ3n) is 3.64. The predicted octanol–water partition coefficient (Wildman–Crippen LogP) is 3.03. The molecule has 0 radical (unpaired) electrons. The third kappa shape index (κ3) is 3.11. The van der Waals surface area contributed by atoms with Crippen molar-refractivity contribution in [3.63, 3.8) is 0 Å². The molecular weight excluding hydrogens is 290 g/mol. The van der Waals surface area contributed by atoms with Gasteiger partial charge in [0.05, 0.1) is 5.75 Å². The second-order valence-corrected chi connectivity index (χ2v) is 8.00. The largest absolute Gasteiger partial charge is 0.216 e. The fraction of sp³-hybridized carbons (Fsp3) is 0.333. The smallest absolute Gasteiger partial charge is 0.212 e. The highest BCUT2D eigenvalue weighted by molar-refractivity contribution is 7.88. The zero-order valence-electron chi connectivity index (χ0n) is 11.2. The predicted molar refractivity (Wildman–Crippen MR) is 82.4 cm³/mol. The highest BCUT2D eigenvalue weighted by atomic mass is 32.2. The summed E-state index contributed by atoms with van der Waals surface area (Å²) >= 11 is 1.69. The van der Waals surface area contributed by atoms with Crippen LogP contribution in [0, 0.1) is 6.92 Å². The second-order valence-electron chi connectivity index (χ2n) is 5.27. The quantitative estimate of drug-likeness (QED) is 0.923. The molecule has 0 bridgehead atoms. The summed E-state index contributed by atoms with van der Waals surface area (Å²) in [4.78, 5) is 1.27. The Balaban J connectivity index is 1.64. The van der Waals surface area contributed by atoms with Gasteiger partial charge >= 0.3 is 0 Å². The minimum atomic E-state index is -3.26. The standard InChI is InChI=1S/C15H17NO2S2/c1-11-5-2-3-6-12(11)10-20(17,18)16-14-9-13(14)15-7-4-8-19-15/h2-8,13-14,16H,9-10H2,1H3. The first kappa shape index (κ1) is 13.8. The lowest BCUT2D eigenvalue weighted by Crippen LogP contribution is -2.28. The number of aryl methyl sites for hydroxylation is 1. The average Bonchev–Trinajstić information content (AvgIpc) is 2.92. The SMILES string of the molecule is Cc1ccccc1CS(=O)(=O)NC1CC1c1cccs1. The van der Waals surface area contributed by atoms with Gasteiger partial charge in [0, 0.05) is 16.8 Å². The van der Waals surface area contributed by atoms with Gasteiger partial charge in [-0.1, -0.05) is 30.3 Å². The zero-order valence-corrected chi connectivity index (χ0v) is 12.9. The summed E-state index contributed by atoms with van der Waals surface area (Å²) < 4.78 is 27.2. The van der Waals surface area contributed by atoms with Gasteiger partial charge in [0.2, 0.25) is 10.0 Å². The number of sulfonamides is 1. The van der Waals surface area contributed by atoms with Crippen LogP contribution in [-0.2, 0) is 15.8 Å². The molecule has 5 heteroatoms. The van der Waals surface area contributed by atoms with Crippen molar-refractivity contribution in [2.45, 2.75) is 31.1 Å². The highest BCUT2D eigenvalue weighted by Crippen LogP contribution is 2.43. The summed E-state index contributed by atoms with van der Waals surface area (Å²) in [5.41, 5.74) is 1.89. The molecule has 20 heavy (non-hydrogen) atoms. The Morgan fingerprint density at radius 1 is 1.25 bits per heavy atom. The monoisotopic (exact) mass is 307 g/mol. The Bertz CT molecular complexity index is 692. The van der Waals surface area contributed by atoms with E-state index in [1.54, 1.807) is 11.3 Å². The Kier molecular flexibility index (Phi) is 3.67. The van der Waals surface area contributed by atoms with Crippen LogP contribution in [0.1, 0.15) is 28.3 Å². The first-order valence-electron chi connectivity index (χ1n) is 6.63. The van der Waals surface area contributed by atoms with Gasteiger partial charge < -0.3 is 0 Å². The maximum absolute atomic E-state index is 12.2. The highest BCUT2D eigenvalue weighted by Gasteiger charge is 2.41. The van der Waals surface area contributed by atoms with Gasteiger partial charge in [0.15, 0.2) is 0 Å². The van der Waals surface area contributed by atoms with E-state index in [1.165, 1.54) is 4.88 Å². The Morgan fingerprint density at radius 3 is 2.75 bits per heavy atom. The van der Waals surface area contributed by atoms with Crippen LogP contribution in [0.3, 0.4) is 0 Å². The second kappa shape index (κ2) is 5.31. The Hall–Kier alpha value is -1.17. The van der Waals surface area contributed by atoms with Crippen molar-refractivity contribution in [1.82, 2.24) is 4.72 Å². The lowest BCUT2D eigenvalue weighted by atomic mass is 10.1. The summed E-state index contributed by atoms with van der Waals surface area (Å²) in [6.45, 7) is 1.94. The number of nitrogens with one attached hydrogen (secondary N) is 1. The van der Waals surface area contributed by atoms with E-state index in [1.807, 2.05) is 42.6 Å². The van der Waals surface area contributed by atoms with Crippen molar-refractivity contribution in [3.8, 4) is 0 Å². The zero-order chi connectivity index (χ0) is 14.2. The van der Waals surface area contributed by atoms with Gasteiger partial charge in [-0.25, -0.2) is 13.1 Å². The molecule has 1 aliphatic rings. The topological polar surface area (TPSA) is 46.2 Å². The summed E-state index contributed by atoms with van der Waals surface area (Å²) in [5, 5.41) is 2.03. The number of rotatable bonds is 5. The number of thiophene rings is 1. The van der Waals surface area contributed by atoms with Gasteiger partial charge in [-0.2, -0.15) is 0 Å². The molecular formula is C15H17NO2S2. The molecule has 1 heterocycles. The normalized spacial score (nSPS) is 21.9. The maximum Gasteiger partial charge on any atom is 0.216 e. The molecule has 2 unspecified atom stereocenters. The van der Waals surface area contributed by atoms with E-state index < -0.39 is 10.0 Å². The number of hydrogen-bond donors (Lipinski definition) is 1. The summed E-state index contributed by atoms with van der Waals surface area (Å²) in [6.07, 6.45) is 0.910. The van der Waals surface area contributed by atoms with E-state index in [-0.39, 0.29) is 11.8 Å². The maximum atomic E-state index is 12.2. The molecule has 2 aromatic rings. The molecule has 0 saturated heterocycles. The van der Waals surface area contributed by atoms with E-state index >= 15 is 0 Å². The molecule has 0 aliphatic heterocycles. The summed E-state index contributed by atoms with van der Waals surface area (Å²) in [5.74, 6) is 0.425. The van der Waals surface area contributed by atoms with Crippen LogP contribution >= 0.6 is 11.3 Å². The van der Waals surface area contributed by atoms with E-state index in [2.05, 4.69) is 10.8 Å². The fourth-order valence-corrected chi connectivity index (χ4v) is 4.84. The Morgan fingerprint density at radius 2 is 2.05 bits per heavy atom. The van der Waals surface area contributed by atoms with E-state index in [0.29, 0.717) is 5.92 Å². The van der Waals surface area contributed by atoms with Gasteiger partial charge in [0.1, 0.15) is 0 Å². The first-order valence-corrected chi connectivity index (χ1v) is 9.16. The van der Waals surface area contributed by atoms with Crippen LogP contribution in [0.4, 0.5) is 0 Å². The minimum Gasteiger partial charge on any atom is -0.212 e. The molecule has 3 nitrogen and oxygen atoms in total. The van der Waals surface area contributed by atoms with E-state index in [0.717, 1.165) is 17.5 Å². The lowest BCUT2D eigenvalue weighted by Gasteiger charge is -2.08. The molecule has 1 saturated carbocycles. The molecule has 1 aromatic carbocycles. The van der Waals surface area contributed by atoms with Crippen molar-refractivity contribution < 1.29 is 8.42 Å². The third-order valence-corrected chi connectivity index (χ3v) is 5.99. The van der Waals surface area contributed by atoms with Crippen LogP contribution in [0.25, 0.3) is 0 Å². The van der Waals surface area contributed by atoms with Crippen molar-refractivity contribution in [3.05, 3.63) is 57.8 Å².